The Kier molecular flexibility index (Phi) is 6.11. The number of esters is 1. The molecule has 116 valence electrons. The molecule has 0 aliphatic carbocycles. The third-order valence-electron chi connectivity index (χ3n) is 2.53. The van der Waals surface area contributed by atoms with Crippen LogP contribution in [0.1, 0.15) is 12.1 Å². The van der Waals surface area contributed by atoms with E-state index in [4.69, 9.17) is 5.11 Å². The molecule has 10 nitrogen and oxygen atoms in total. The van der Waals surface area contributed by atoms with Gasteiger partial charge >= 0.3 is 18.0 Å². The summed E-state index contributed by atoms with van der Waals surface area (Å²) in [6.07, 6.45) is 1.54. The van der Waals surface area contributed by atoms with E-state index >= 15 is 0 Å². The Hall–Kier alpha value is -2.65. The third-order valence-corrected chi connectivity index (χ3v) is 2.53. The Balaban J connectivity index is 2.36. The van der Waals surface area contributed by atoms with Crippen LogP contribution in [-0.2, 0) is 27.4 Å². The Morgan fingerprint density at radius 1 is 1.48 bits per heavy atom. The highest BCUT2D eigenvalue weighted by Gasteiger charge is 2.11. The van der Waals surface area contributed by atoms with Crippen LogP contribution in [-0.4, -0.2) is 63.7 Å². The number of urea groups is 1. The molecule has 0 radical (unpaired) electrons. The van der Waals surface area contributed by atoms with Gasteiger partial charge in [-0.1, -0.05) is 5.21 Å². The Morgan fingerprint density at radius 2 is 2.19 bits per heavy atom. The number of carboxylic acid groups (broad SMARTS) is 1. The first-order valence-electron chi connectivity index (χ1n) is 6.09. The lowest BCUT2D eigenvalue weighted by Crippen LogP contribution is -2.38. The van der Waals surface area contributed by atoms with Crippen molar-refractivity contribution in [1.29, 1.82) is 0 Å². The zero-order valence-electron chi connectivity index (χ0n) is 11.8. The quantitative estimate of drug-likeness (QED) is 0.622. The van der Waals surface area contributed by atoms with Crippen LogP contribution in [0.2, 0.25) is 0 Å². The number of nitrogens with zero attached hydrogens (tertiary/aromatic N) is 4. The second-order valence-corrected chi connectivity index (χ2v) is 4.21. The molecule has 1 aromatic rings. The molecule has 0 unspecified atom stereocenters. The van der Waals surface area contributed by atoms with E-state index in [-0.39, 0.29) is 32.1 Å². The molecule has 2 N–H and O–H groups in total. The summed E-state index contributed by atoms with van der Waals surface area (Å²) in [5, 5.41) is 18.5. The number of nitrogens with one attached hydrogen (secondary N) is 1. The number of aromatic nitrogens is 3. The van der Waals surface area contributed by atoms with Crippen LogP contribution < -0.4 is 5.32 Å². The van der Waals surface area contributed by atoms with Crippen molar-refractivity contribution in [3.63, 3.8) is 0 Å². The molecular weight excluding hydrogens is 282 g/mol. The lowest BCUT2D eigenvalue weighted by molar-refractivity contribution is -0.141. The highest BCUT2D eigenvalue weighted by atomic mass is 16.5. The van der Waals surface area contributed by atoms with E-state index in [9.17, 15) is 14.4 Å². The van der Waals surface area contributed by atoms with Crippen molar-refractivity contribution in [2.75, 3.05) is 20.7 Å². The lowest BCUT2D eigenvalue weighted by Gasteiger charge is -2.16. The van der Waals surface area contributed by atoms with Gasteiger partial charge in [-0.2, -0.15) is 0 Å². The summed E-state index contributed by atoms with van der Waals surface area (Å²) in [4.78, 5) is 34.5. The van der Waals surface area contributed by atoms with Gasteiger partial charge in [-0.25, -0.2) is 9.48 Å². The van der Waals surface area contributed by atoms with Crippen LogP contribution in [0, 0.1) is 0 Å². The van der Waals surface area contributed by atoms with Gasteiger partial charge in [0.1, 0.15) is 12.2 Å². The maximum Gasteiger partial charge on any atom is 0.325 e. The molecule has 21 heavy (non-hydrogen) atoms. The summed E-state index contributed by atoms with van der Waals surface area (Å²) < 4.78 is 5.64. The van der Waals surface area contributed by atoms with Crippen molar-refractivity contribution in [1.82, 2.24) is 25.2 Å². The van der Waals surface area contributed by atoms with Gasteiger partial charge in [-0.15, -0.1) is 5.10 Å². The highest BCUT2D eigenvalue weighted by molar-refractivity contribution is 5.75. The predicted molar refractivity (Wildman–Crippen MR) is 69.2 cm³/mol. The number of amides is 2. The number of hydrogen-bond acceptors (Lipinski definition) is 6. The number of carbonyl (C=O) groups is 3. The number of rotatable bonds is 7. The summed E-state index contributed by atoms with van der Waals surface area (Å²) in [7, 11) is 2.82. The maximum absolute atomic E-state index is 11.7. The van der Waals surface area contributed by atoms with Gasteiger partial charge in [0.05, 0.1) is 26.3 Å². The fraction of sp³-hybridized carbons (Fsp3) is 0.545. The average molecular weight is 299 g/mol. The summed E-state index contributed by atoms with van der Waals surface area (Å²) >= 11 is 0. The van der Waals surface area contributed by atoms with Crippen LogP contribution in [0.4, 0.5) is 4.79 Å². The van der Waals surface area contributed by atoms with Gasteiger partial charge in [0.2, 0.25) is 0 Å². The van der Waals surface area contributed by atoms with E-state index in [1.165, 1.54) is 18.2 Å². The van der Waals surface area contributed by atoms with Crippen molar-refractivity contribution in [3.8, 4) is 0 Å². The largest absolute Gasteiger partial charge is 0.480 e. The number of ether oxygens (including phenoxy) is 1. The van der Waals surface area contributed by atoms with E-state index in [1.807, 2.05) is 0 Å². The lowest BCUT2D eigenvalue weighted by atomic mass is 10.4. The molecule has 0 saturated carbocycles. The highest BCUT2D eigenvalue weighted by Crippen LogP contribution is 1.95. The average Bonchev–Trinajstić information content (AvgIpc) is 2.88. The molecule has 0 aliphatic rings. The summed E-state index contributed by atoms with van der Waals surface area (Å²) in [6, 6.07) is -0.383. The first-order chi connectivity index (χ1) is 9.92. The Labute approximate surface area is 120 Å². The van der Waals surface area contributed by atoms with Gasteiger partial charge in [0, 0.05) is 13.6 Å². The zero-order chi connectivity index (χ0) is 15.8. The van der Waals surface area contributed by atoms with Crippen molar-refractivity contribution < 1.29 is 24.2 Å². The minimum absolute atomic E-state index is 0.106. The van der Waals surface area contributed by atoms with Gasteiger partial charge in [-0.3, -0.25) is 9.59 Å². The molecule has 0 bridgehead atoms. The van der Waals surface area contributed by atoms with Crippen molar-refractivity contribution in [3.05, 3.63) is 11.9 Å². The first-order valence-corrected chi connectivity index (χ1v) is 6.09. The fourth-order valence-electron chi connectivity index (χ4n) is 1.40. The minimum atomic E-state index is -1.03. The number of hydrogen-bond donors (Lipinski definition) is 2. The molecule has 1 heterocycles. The van der Waals surface area contributed by atoms with Gasteiger partial charge in [-0.05, 0) is 0 Å². The molecule has 0 spiro atoms. The fourth-order valence-corrected chi connectivity index (χ4v) is 1.40. The smallest absolute Gasteiger partial charge is 0.325 e. The molecule has 10 heteroatoms. The van der Waals surface area contributed by atoms with Crippen molar-refractivity contribution in [2.45, 2.75) is 19.5 Å². The zero-order valence-corrected chi connectivity index (χ0v) is 11.8. The van der Waals surface area contributed by atoms with Gasteiger partial charge in [0.15, 0.2) is 0 Å². The van der Waals surface area contributed by atoms with Crippen molar-refractivity contribution in [2.24, 2.45) is 0 Å². The Morgan fingerprint density at radius 3 is 2.81 bits per heavy atom. The van der Waals surface area contributed by atoms with Crippen LogP contribution in [0.25, 0.3) is 0 Å². The summed E-state index contributed by atoms with van der Waals surface area (Å²) in [5.41, 5.74) is 0.436. The van der Waals surface area contributed by atoms with E-state index < -0.39 is 11.9 Å². The van der Waals surface area contributed by atoms with Crippen LogP contribution in [0.3, 0.4) is 0 Å². The molecule has 0 fully saturated rings. The van der Waals surface area contributed by atoms with Crippen molar-refractivity contribution >= 4 is 18.0 Å². The van der Waals surface area contributed by atoms with Crippen LogP contribution >= 0.6 is 0 Å². The van der Waals surface area contributed by atoms with Gasteiger partial charge in [0.25, 0.3) is 0 Å². The molecule has 0 aliphatic heterocycles. The second kappa shape index (κ2) is 7.82. The number of carboxylic acids is 1. The molecule has 1 rings (SSSR count). The molecule has 0 atom stereocenters. The number of carbonyl (C=O) groups excluding carboxylic acids is 2. The SMILES string of the molecule is COC(=O)CCN(C)C(=O)NCc1cn(CC(=O)O)nn1. The topological polar surface area (TPSA) is 127 Å². The molecular formula is C11H17N5O5. The maximum atomic E-state index is 11.7. The standard InChI is InChI=1S/C11H17N5O5/c1-15(4-3-10(19)21-2)11(20)12-5-8-6-16(14-13-8)7-9(17)18/h6H,3-5,7H2,1-2H3,(H,12,20)(H,17,18). The first kappa shape index (κ1) is 16.4. The normalized spacial score (nSPS) is 10.0. The number of methoxy groups -OCH3 is 1. The predicted octanol–water partition coefficient (Wildman–Crippen LogP) is -0.933. The summed E-state index contributed by atoms with van der Waals surface area (Å²) in [6.45, 7) is 0.0468. The van der Waals surface area contributed by atoms with E-state index in [0.29, 0.717) is 5.69 Å². The monoisotopic (exact) mass is 299 g/mol. The van der Waals surface area contributed by atoms with Gasteiger partial charge < -0.3 is 20.1 Å². The van der Waals surface area contributed by atoms with E-state index in [2.05, 4.69) is 20.4 Å². The second-order valence-electron chi connectivity index (χ2n) is 4.21. The minimum Gasteiger partial charge on any atom is -0.480 e. The van der Waals surface area contributed by atoms with E-state index in [0.717, 1.165) is 4.68 Å². The van der Waals surface area contributed by atoms with Crippen LogP contribution in [0.5, 0.6) is 0 Å². The number of aliphatic carboxylic acids is 1. The molecule has 0 saturated heterocycles. The molecule has 2 amide bonds. The Bertz CT molecular complexity index is 515. The third kappa shape index (κ3) is 5.89. The van der Waals surface area contributed by atoms with E-state index in [1.54, 1.807) is 7.05 Å². The summed E-state index contributed by atoms with van der Waals surface area (Å²) in [5.74, 6) is -1.43. The molecule has 0 aromatic carbocycles. The molecule has 1 aromatic heterocycles. The van der Waals surface area contributed by atoms with Crippen LogP contribution in [0.15, 0.2) is 6.20 Å².